The van der Waals surface area contributed by atoms with E-state index in [4.69, 9.17) is 5.11 Å². The summed E-state index contributed by atoms with van der Waals surface area (Å²) in [6.45, 7) is 0.799. The zero-order valence-corrected chi connectivity index (χ0v) is 12.9. The van der Waals surface area contributed by atoms with Crippen molar-refractivity contribution in [2.75, 3.05) is 19.3 Å². The minimum Gasteiger partial charge on any atom is -0.481 e. The lowest BCUT2D eigenvalue weighted by molar-refractivity contribution is -0.146. The van der Waals surface area contributed by atoms with Crippen LogP contribution in [0.3, 0.4) is 0 Å². The maximum absolute atomic E-state index is 12.2. The number of aliphatic carboxylic acids is 1. The van der Waals surface area contributed by atoms with Gasteiger partial charge in [-0.3, -0.25) is 9.59 Å². The van der Waals surface area contributed by atoms with Crippen molar-refractivity contribution < 1.29 is 23.1 Å². The van der Waals surface area contributed by atoms with E-state index in [2.05, 4.69) is 5.32 Å². The summed E-state index contributed by atoms with van der Waals surface area (Å²) in [5.41, 5.74) is 0. The van der Waals surface area contributed by atoms with Gasteiger partial charge in [0.15, 0.2) is 0 Å². The molecule has 8 heteroatoms. The van der Waals surface area contributed by atoms with Gasteiger partial charge < -0.3 is 10.4 Å². The monoisotopic (exact) mass is 318 g/mol. The van der Waals surface area contributed by atoms with Crippen molar-refractivity contribution in [1.29, 1.82) is 0 Å². The van der Waals surface area contributed by atoms with Crippen LogP contribution in [0.1, 0.15) is 32.1 Å². The molecule has 1 aliphatic carbocycles. The first-order chi connectivity index (χ1) is 9.79. The summed E-state index contributed by atoms with van der Waals surface area (Å²) in [5.74, 6) is -2.13. The van der Waals surface area contributed by atoms with Crippen LogP contribution in [0.15, 0.2) is 0 Å². The van der Waals surface area contributed by atoms with E-state index in [1.165, 1.54) is 10.6 Å². The summed E-state index contributed by atoms with van der Waals surface area (Å²) in [6.07, 6.45) is 4.26. The minimum absolute atomic E-state index is 0.0643. The van der Waals surface area contributed by atoms with Crippen LogP contribution in [0.5, 0.6) is 0 Å². The van der Waals surface area contributed by atoms with E-state index >= 15 is 0 Å². The Balaban J connectivity index is 1.86. The van der Waals surface area contributed by atoms with Crippen molar-refractivity contribution in [2.24, 2.45) is 11.8 Å². The normalized spacial score (nSPS) is 28.4. The highest BCUT2D eigenvalue weighted by Gasteiger charge is 2.38. The molecule has 0 aromatic rings. The van der Waals surface area contributed by atoms with Gasteiger partial charge in [-0.2, -0.15) is 0 Å². The molecule has 1 aliphatic heterocycles. The fourth-order valence-electron chi connectivity index (χ4n) is 3.21. The molecule has 2 aliphatic rings. The number of carboxylic acid groups (broad SMARTS) is 1. The molecular formula is C13H22N2O5S. The zero-order valence-electron chi connectivity index (χ0n) is 12.1. The predicted octanol–water partition coefficient (Wildman–Crippen LogP) is 0.0275. The van der Waals surface area contributed by atoms with E-state index in [1.54, 1.807) is 0 Å². The van der Waals surface area contributed by atoms with Gasteiger partial charge in [0, 0.05) is 19.1 Å². The molecule has 1 saturated carbocycles. The van der Waals surface area contributed by atoms with Gasteiger partial charge in [-0.05, 0) is 25.7 Å². The van der Waals surface area contributed by atoms with Crippen LogP contribution in [0, 0.1) is 11.8 Å². The van der Waals surface area contributed by atoms with E-state index in [1.807, 2.05) is 0 Å². The molecule has 2 N–H and O–H groups in total. The van der Waals surface area contributed by atoms with Crippen LogP contribution in [0.4, 0.5) is 0 Å². The average Bonchev–Trinajstić information content (AvgIpc) is 2.87. The first kappa shape index (κ1) is 16.2. The Morgan fingerprint density at radius 3 is 2.19 bits per heavy atom. The first-order valence-corrected chi connectivity index (χ1v) is 9.12. The Hall–Kier alpha value is -1.15. The quantitative estimate of drug-likeness (QED) is 0.761. The van der Waals surface area contributed by atoms with Crippen molar-refractivity contribution in [1.82, 2.24) is 9.62 Å². The summed E-state index contributed by atoms with van der Waals surface area (Å²) in [6, 6.07) is -0.0643. The molecule has 0 aromatic carbocycles. The molecule has 120 valence electrons. The van der Waals surface area contributed by atoms with Crippen molar-refractivity contribution in [3.05, 3.63) is 0 Å². The second kappa shape index (κ2) is 6.31. The molecule has 0 spiro atoms. The van der Waals surface area contributed by atoms with Crippen LogP contribution in [-0.4, -0.2) is 55.1 Å². The number of nitrogens with one attached hydrogen (secondary N) is 1. The van der Waals surface area contributed by atoms with E-state index in [0.717, 1.165) is 6.42 Å². The summed E-state index contributed by atoms with van der Waals surface area (Å²) >= 11 is 0. The molecule has 2 fully saturated rings. The molecule has 2 atom stereocenters. The summed E-state index contributed by atoms with van der Waals surface area (Å²) < 4.78 is 24.2. The highest BCUT2D eigenvalue weighted by Crippen LogP contribution is 2.32. The van der Waals surface area contributed by atoms with Gasteiger partial charge >= 0.3 is 5.97 Å². The predicted molar refractivity (Wildman–Crippen MR) is 76.0 cm³/mol. The summed E-state index contributed by atoms with van der Waals surface area (Å²) in [5, 5.41) is 12.0. The third-order valence-electron chi connectivity index (χ3n) is 4.44. The Morgan fingerprint density at radius 1 is 1.10 bits per heavy atom. The van der Waals surface area contributed by atoms with E-state index in [9.17, 15) is 18.0 Å². The van der Waals surface area contributed by atoms with Gasteiger partial charge in [0.25, 0.3) is 0 Å². The number of hydrogen-bond donors (Lipinski definition) is 2. The van der Waals surface area contributed by atoms with Crippen LogP contribution in [0.2, 0.25) is 0 Å². The van der Waals surface area contributed by atoms with Gasteiger partial charge in [0.2, 0.25) is 15.9 Å². The molecule has 0 radical (unpaired) electrons. The number of amides is 1. The SMILES string of the molecule is CS(=O)(=O)N1CCC(NC(=O)[C@@H]2CCC[C@@H]2C(=O)O)CC1. The lowest BCUT2D eigenvalue weighted by Gasteiger charge is -2.31. The molecule has 1 heterocycles. The largest absolute Gasteiger partial charge is 0.481 e. The maximum atomic E-state index is 12.2. The number of nitrogens with zero attached hydrogens (tertiary/aromatic N) is 1. The van der Waals surface area contributed by atoms with Gasteiger partial charge in [-0.1, -0.05) is 6.42 Å². The Labute approximate surface area is 124 Å². The highest BCUT2D eigenvalue weighted by atomic mass is 32.2. The third-order valence-corrected chi connectivity index (χ3v) is 5.74. The smallest absolute Gasteiger partial charge is 0.307 e. The number of sulfonamides is 1. The molecule has 0 unspecified atom stereocenters. The molecule has 1 saturated heterocycles. The number of hydrogen-bond acceptors (Lipinski definition) is 4. The van der Waals surface area contributed by atoms with Gasteiger partial charge in [-0.25, -0.2) is 12.7 Å². The zero-order chi connectivity index (χ0) is 15.6. The van der Waals surface area contributed by atoms with Gasteiger partial charge in [0.1, 0.15) is 0 Å². The van der Waals surface area contributed by atoms with Crippen LogP contribution >= 0.6 is 0 Å². The second-order valence-corrected chi connectivity index (χ2v) is 7.91. The van der Waals surface area contributed by atoms with Crippen LogP contribution < -0.4 is 5.32 Å². The van der Waals surface area contributed by atoms with Crippen molar-refractivity contribution in [3.8, 4) is 0 Å². The number of piperidine rings is 1. The number of carbonyl (C=O) groups is 2. The molecule has 0 bridgehead atoms. The Bertz CT molecular complexity index is 511. The highest BCUT2D eigenvalue weighted by molar-refractivity contribution is 7.88. The minimum atomic E-state index is -3.17. The van der Waals surface area contributed by atoms with E-state index in [0.29, 0.717) is 38.8 Å². The van der Waals surface area contributed by atoms with Crippen LogP contribution in [-0.2, 0) is 19.6 Å². The number of rotatable bonds is 4. The van der Waals surface area contributed by atoms with E-state index < -0.39 is 27.8 Å². The summed E-state index contributed by atoms with van der Waals surface area (Å²) in [7, 11) is -3.17. The van der Waals surface area contributed by atoms with Gasteiger partial charge in [-0.15, -0.1) is 0 Å². The number of carboxylic acids is 1. The fraction of sp³-hybridized carbons (Fsp3) is 0.846. The fourth-order valence-corrected chi connectivity index (χ4v) is 4.08. The number of carbonyl (C=O) groups excluding carboxylic acids is 1. The van der Waals surface area contributed by atoms with Gasteiger partial charge in [0.05, 0.1) is 18.1 Å². The topological polar surface area (TPSA) is 104 Å². The summed E-state index contributed by atoms with van der Waals surface area (Å²) in [4.78, 5) is 23.3. The molecule has 21 heavy (non-hydrogen) atoms. The lowest BCUT2D eigenvalue weighted by Crippen LogP contribution is -2.48. The van der Waals surface area contributed by atoms with E-state index in [-0.39, 0.29) is 11.9 Å². The first-order valence-electron chi connectivity index (χ1n) is 7.27. The van der Waals surface area contributed by atoms with Crippen molar-refractivity contribution >= 4 is 21.9 Å². The third kappa shape index (κ3) is 3.94. The molecule has 2 rings (SSSR count). The Kier molecular flexibility index (Phi) is 4.88. The van der Waals surface area contributed by atoms with Crippen molar-refractivity contribution in [2.45, 2.75) is 38.1 Å². The standard InChI is InChI=1S/C13H22N2O5S/c1-21(19,20)15-7-5-9(6-8-15)14-12(16)10-3-2-4-11(10)13(17)18/h9-11H,2-8H2,1H3,(H,14,16)(H,17,18)/t10-,11+/m1/s1. The van der Waals surface area contributed by atoms with Crippen LogP contribution in [0.25, 0.3) is 0 Å². The van der Waals surface area contributed by atoms with Crippen molar-refractivity contribution in [3.63, 3.8) is 0 Å². The molecular weight excluding hydrogens is 296 g/mol. The molecule has 7 nitrogen and oxygen atoms in total. The lowest BCUT2D eigenvalue weighted by atomic mass is 9.94. The maximum Gasteiger partial charge on any atom is 0.307 e. The molecule has 1 amide bonds. The average molecular weight is 318 g/mol. The Morgan fingerprint density at radius 2 is 1.67 bits per heavy atom. The second-order valence-electron chi connectivity index (χ2n) is 5.93. The molecule has 0 aromatic heterocycles.